The largest absolute Gasteiger partial charge is 0.462 e. The fraction of sp³-hybridized carbons (Fsp3) is 0.421. The number of amides is 2. The maximum Gasteiger partial charge on any atom is 0.340 e. The van der Waals surface area contributed by atoms with Crippen molar-refractivity contribution in [1.29, 1.82) is 0 Å². The van der Waals surface area contributed by atoms with Crippen molar-refractivity contribution < 1.29 is 14.3 Å². The van der Waals surface area contributed by atoms with Crippen molar-refractivity contribution >= 4 is 17.7 Å². The van der Waals surface area contributed by atoms with Crippen LogP contribution in [0.3, 0.4) is 0 Å². The Kier molecular flexibility index (Phi) is 6.77. The van der Waals surface area contributed by atoms with Gasteiger partial charge in [-0.2, -0.15) is 5.10 Å². The Morgan fingerprint density at radius 1 is 1.19 bits per heavy atom. The molecule has 0 bridgehead atoms. The van der Waals surface area contributed by atoms with Crippen LogP contribution in [0.5, 0.6) is 0 Å². The quantitative estimate of drug-likeness (QED) is 0.745. The van der Waals surface area contributed by atoms with E-state index in [0.717, 1.165) is 23.5 Å². The lowest BCUT2D eigenvalue weighted by Gasteiger charge is -2.11. The molecule has 0 radical (unpaired) electrons. The van der Waals surface area contributed by atoms with Crippen molar-refractivity contribution in [2.75, 3.05) is 18.5 Å². The molecule has 0 atom stereocenters. The van der Waals surface area contributed by atoms with E-state index in [9.17, 15) is 9.59 Å². The van der Waals surface area contributed by atoms with Gasteiger partial charge in [0.25, 0.3) is 0 Å². The molecule has 0 spiro atoms. The van der Waals surface area contributed by atoms with Crippen LogP contribution in [-0.4, -0.2) is 34.9 Å². The van der Waals surface area contributed by atoms with Crippen molar-refractivity contribution in [3.63, 3.8) is 0 Å². The molecule has 1 aromatic heterocycles. The lowest BCUT2D eigenvalue weighted by Crippen LogP contribution is -2.31. The number of hydrogen-bond acceptors (Lipinski definition) is 4. The summed E-state index contributed by atoms with van der Waals surface area (Å²) < 4.78 is 6.97. The van der Waals surface area contributed by atoms with E-state index in [2.05, 4.69) is 22.7 Å². The van der Waals surface area contributed by atoms with Crippen LogP contribution in [0.4, 0.5) is 10.5 Å². The van der Waals surface area contributed by atoms with Crippen LogP contribution in [0.1, 0.15) is 41.2 Å². The summed E-state index contributed by atoms with van der Waals surface area (Å²) in [5.74, 6) is -0.457. The van der Waals surface area contributed by atoms with E-state index >= 15 is 0 Å². The summed E-state index contributed by atoms with van der Waals surface area (Å²) >= 11 is 0. The lowest BCUT2D eigenvalue weighted by atomic mass is 10.1. The molecule has 0 aliphatic rings. The second-order valence-electron chi connectivity index (χ2n) is 5.86. The Morgan fingerprint density at radius 3 is 2.58 bits per heavy atom. The number of nitrogens with zero attached hydrogens (tertiary/aromatic N) is 2. The number of anilines is 1. The normalized spacial score (nSPS) is 10.5. The fourth-order valence-corrected chi connectivity index (χ4v) is 2.85. The zero-order valence-electron chi connectivity index (χ0n) is 15.8. The summed E-state index contributed by atoms with van der Waals surface area (Å²) in [5.41, 5.74) is 4.02. The van der Waals surface area contributed by atoms with Gasteiger partial charge >= 0.3 is 12.0 Å². The van der Waals surface area contributed by atoms with E-state index in [4.69, 9.17) is 4.74 Å². The van der Waals surface area contributed by atoms with E-state index in [1.54, 1.807) is 31.2 Å². The molecule has 0 aliphatic heterocycles. The van der Waals surface area contributed by atoms with Gasteiger partial charge in [0.2, 0.25) is 0 Å². The molecule has 2 N–H and O–H groups in total. The SMILES string of the molecule is CCOC(=O)c1ccccc1NC(=O)NCCc1c(C)nn(CC)c1C. The fourth-order valence-electron chi connectivity index (χ4n) is 2.85. The summed E-state index contributed by atoms with van der Waals surface area (Å²) in [6.07, 6.45) is 0.699. The first-order valence-corrected chi connectivity index (χ1v) is 8.81. The number of benzene rings is 1. The molecule has 2 aromatic rings. The topological polar surface area (TPSA) is 85.2 Å². The Hall–Kier alpha value is -2.83. The zero-order valence-corrected chi connectivity index (χ0v) is 15.8. The van der Waals surface area contributed by atoms with E-state index < -0.39 is 5.97 Å². The number of urea groups is 1. The van der Waals surface area contributed by atoms with Crippen LogP contribution in [0.15, 0.2) is 24.3 Å². The van der Waals surface area contributed by atoms with E-state index in [1.165, 1.54) is 0 Å². The molecule has 0 saturated carbocycles. The van der Waals surface area contributed by atoms with Gasteiger partial charge in [0, 0.05) is 18.8 Å². The van der Waals surface area contributed by atoms with Crippen molar-refractivity contribution in [1.82, 2.24) is 15.1 Å². The zero-order chi connectivity index (χ0) is 19.1. The molecule has 1 aromatic carbocycles. The van der Waals surface area contributed by atoms with Crippen molar-refractivity contribution in [2.45, 2.75) is 40.7 Å². The number of rotatable bonds is 7. The highest BCUT2D eigenvalue weighted by Crippen LogP contribution is 2.16. The predicted octanol–water partition coefficient (Wildman–Crippen LogP) is 3.06. The number of ether oxygens (including phenoxy) is 1. The van der Waals surface area contributed by atoms with Gasteiger partial charge in [-0.15, -0.1) is 0 Å². The van der Waals surface area contributed by atoms with Gasteiger partial charge in [-0.1, -0.05) is 12.1 Å². The Balaban J connectivity index is 1.94. The van der Waals surface area contributed by atoms with Gasteiger partial charge in [0.05, 0.1) is 23.6 Å². The van der Waals surface area contributed by atoms with Crippen LogP contribution in [0, 0.1) is 13.8 Å². The van der Waals surface area contributed by atoms with Crippen LogP contribution in [0.2, 0.25) is 0 Å². The van der Waals surface area contributed by atoms with Crippen LogP contribution >= 0.6 is 0 Å². The summed E-state index contributed by atoms with van der Waals surface area (Å²) in [5, 5.41) is 10.0. The number of nitrogens with one attached hydrogen (secondary N) is 2. The minimum Gasteiger partial charge on any atom is -0.462 e. The molecule has 7 nitrogen and oxygen atoms in total. The minimum atomic E-state index is -0.457. The standard InChI is InChI=1S/C19H26N4O3/c1-5-23-14(4)15(13(3)22-23)11-12-20-19(25)21-17-10-8-7-9-16(17)18(24)26-6-2/h7-10H,5-6,11-12H2,1-4H3,(H2,20,21,25). The number of carbonyl (C=O) groups excluding carboxylic acids is 2. The van der Waals surface area contributed by atoms with Gasteiger partial charge < -0.3 is 15.4 Å². The summed E-state index contributed by atoms with van der Waals surface area (Å²) in [6.45, 7) is 9.39. The second kappa shape index (κ2) is 9.03. The molecule has 0 saturated heterocycles. The van der Waals surface area contributed by atoms with Gasteiger partial charge in [-0.05, 0) is 51.8 Å². The average Bonchev–Trinajstić information content (AvgIpc) is 2.89. The third-order valence-electron chi connectivity index (χ3n) is 4.16. The third-order valence-corrected chi connectivity index (χ3v) is 4.16. The molecule has 140 valence electrons. The average molecular weight is 358 g/mol. The van der Waals surface area contributed by atoms with Crippen LogP contribution in [0.25, 0.3) is 0 Å². The minimum absolute atomic E-state index is 0.281. The molecule has 26 heavy (non-hydrogen) atoms. The smallest absolute Gasteiger partial charge is 0.340 e. The number of aromatic nitrogens is 2. The highest BCUT2D eigenvalue weighted by atomic mass is 16.5. The van der Waals surface area contributed by atoms with E-state index in [0.29, 0.717) is 24.2 Å². The number of esters is 1. The summed E-state index contributed by atoms with van der Waals surface area (Å²) in [4.78, 5) is 24.1. The van der Waals surface area contributed by atoms with E-state index in [-0.39, 0.29) is 12.6 Å². The highest BCUT2D eigenvalue weighted by Gasteiger charge is 2.14. The molecular weight excluding hydrogens is 332 g/mol. The number of hydrogen-bond donors (Lipinski definition) is 2. The maximum absolute atomic E-state index is 12.2. The van der Waals surface area contributed by atoms with Gasteiger partial charge in [0.15, 0.2) is 0 Å². The summed E-state index contributed by atoms with van der Waals surface area (Å²) in [6, 6.07) is 6.42. The molecule has 7 heteroatoms. The summed E-state index contributed by atoms with van der Waals surface area (Å²) in [7, 11) is 0. The molecular formula is C19H26N4O3. The van der Waals surface area contributed by atoms with Crippen LogP contribution < -0.4 is 10.6 Å². The Bertz CT molecular complexity index is 783. The maximum atomic E-state index is 12.2. The first-order chi connectivity index (χ1) is 12.5. The van der Waals surface area contributed by atoms with Crippen molar-refractivity contribution in [3.8, 4) is 0 Å². The van der Waals surface area contributed by atoms with Gasteiger partial charge in [-0.25, -0.2) is 9.59 Å². The molecule has 0 unspecified atom stereocenters. The van der Waals surface area contributed by atoms with Crippen molar-refractivity contribution in [2.24, 2.45) is 0 Å². The Morgan fingerprint density at radius 2 is 1.92 bits per heavy atom. The molecule has 2 amide bonds. The number of para-hydroxylation sites is 1. The lowest BCUT2D eigenvalue weighted by molar-refractivity contribution is 0.0527. The molecule has 1 heterocycles. The van der Waals surface area contributed by atoms with Gasteiger partial charge in [-0.3, -0.25) is 4.68 Å². The first-order valence-electron chi connectivity index (χ1n) is 8.81. The number of carbonyl (C=O) groups is 2. The highest BCUT2D eigenvalue weighted by molar-refractivity contribution is 6.00. The third kappa shape index (κ3) is 4.62. The van der Waals surface area contributed by atoms with Crippen molar-refractivity contribution in [3.05, 3.63) is 46.8 Å². The van der Waals surface area contributed by atoms with Crippen LogP contribution in [-0.2, 0) is 17.7 Å². The molecule has 2 rings (SSSR count). The van der Waals surface area contributed by atoms with E-state index in [1.807, 2.05) is 18.5 Å². The monoisotopic (exact) mass is 358 g/mol. The van der Waals surface area contributed by atoms with Gasteiger partial charge in [0.1, 0.15) is 0 Å². The Labute approximate surface area is 153 Å². The predicted molar refractivity (Wildman–Crippen MR) is 100 cm³/mol. The second-order valence-corrected chi connectivity index (χ2v) is 5.86. The first kappa shape index (κ1) is 19.5. The number of aryl methyl sites for hydroxylation is 2. The molecule has 0 aliphatic carbocycles. The molecule has 0 fully saturated rings.